The molecule has 0 aliphatic rings. The van der Waals surface area contributed by atoms with Crippen molar-refractivity contribution in [2.45, 2.75) is 11.2 Å². The van der Waals surface area contributed by atoms with Gasteiger partial charge < -0.3 is 9.97 Å². The van der Waals surface area contributed by atoms with Gasteiger partial charge in [0, 0.05) is 14.3 Å². The Morgan fingerprint density at radius 3 is 2.38 bits per heavy atom. The predicted molar refractivity (Wildman–Crippen MR) is 93.4 cm³/mol. The van der Waals surface area contributed by atoms with Crippen LogP contribution in [-0.2, 0) is 6.42 Å². The van der Waals surface area contributed by atoms with E-state index in [1.807, 2.05) is 36.4 Å². The summed E-state index contributed by atoms with van der Waals surface area (Å²) in [5, 5.41) is 0.734. The minimum atomic E-state index is -0.196. The Bertz CT molecular complexity index is 839. The van der Waals surface area contributed by atoms with E-state index in [-0.39, 0.29) is 10.5 Å². The van der Waals surface area contributed by atoms with Crippen LogP contribution in [-0.4, -0.2) is 9.97 Å². The van der Waals surface area contributed by atoms with Gasteiger partial charge in [-0.25, -0.2) is 4.79 Å². The van der Waals surface area contributed by atoms with Crippen molar-refractivity contribution in [2.75, 3.05) is 0 Å². The Kier molecular flexibility index (Phi) is 4.24. The summed E-state index contributed by atoms with van der Waals surface area (Å²) in [6, 6.07) is 11.7. The van der Waals surface area contributed by atoms with E-state index in [1.165, 1.54) is 5.56 Å². The molecule has 0 amide bonds. The van der Waals surface area contributed by atoms with Gasteiger partial charge in [-0.3, -0.25) is 0 Å². The van der Waals surface area contributed by atoms with Gasteiger partial charge >= 0.3 is 5.69 Å². The van der Waals surface area contributed by atoms with Gasteiger partial charge in [0.05, 0.1) is 11.0 Å². The lowest BCUT2D eigenvalue weighted by Gasteiger charge is -2.13. The van der Waals surface area contributed by atoms with Crippen LogP contribution < -0.4 is 5.69 Å². The van der Waals surface area contributed by atoms with Crippen molar-refractivity contribution < 1.29 is 0 Å². The molecule has 1 aromatic heterocycles. The summed E-state index contributed by atoms with van der Waals surface area (Å²) in [7, 11) is 0. The standard InChI is InChI=1S/C15H11Br2ClN2O/c16-11(5-8-1-3-9(18)4-2-8)10-6-13-14(7-12(10)17)20-15(21)19-13/h1-4,6-7,11H,5H2,(H2,19,20,21). The summed E-state index contributed by atoms with van der Waals surface area (Å²) < 4.78 is 0.959. The molecule has 108 valence electrons. The van der Waals surface area contributed by atoms with Crippen LogP contribution in [0.2, 0.25) is 5.02 Å². The summed E-state index contributed by atoms with van der Waals surface area (Å²) in [6.07, 6.45) is 0.829. The van der Waals surface area contributed by atoms with E-state index in [1.54, 1.807) is 0 Å². The van der Waals surface area contributed by atoms with Crippen molar-refractivity contribution in [2.24, 2.45) is 0 Å². The molecule has 1 heterocycles. The number of aromatic amines is 2. The topological polar surface area (TPSA) is 48.6 Å². The smallest absolute Gasteiger partial charge is 0.306 e. The molecule has 2 N–H and O–H groups in total. The number of hydrogen-bond donors (Lipinski definition) is 2. The van der Waals surface area contributed by atoms with Crippen LogP contribution in [0.5, 0.6) is 0 Å². The molecule has 1 unspecified atom stereocenters. The molecule has 0 spiro atoms. The molecular weight excluding hydrogens is 419 g/mol. The lowest BCUT2D eigenvalue weighted by atomic mass is 10.0. The Morgan fingerprint density at radius 1 is 1.10 bits per heavy atom. The minimum Gasteiger partial charge on any atom is -0.306 e. The molecule has 3 rings (SSSR count). The second-order valence-corrected chi connectivity index (χ2v) is 7.19. The first-order valence-electron chi connectivity index (χ1n) is 6.33. The lowest BCUT2D eigenvalue weighted by molar-refractivity contribution is 0.945. The maximum atomic E-state index is 11.4. The van der Waals surface area contributed by atoms with Crippen LogP contribution in [0, 0.1) is 0 Å². The van der Waals surface area contributed by atoms with E-state index in [0.29, 0.717) is 0 Å². The third-order valence-electron chi connectivity index (χ3n) is 3.30. The number of nitrogens with one attached hydrogen (secondary N) is 2. The van der Waals surface area contributed by atoms with Gasteiger partial charge in [-0.15, -0.1) is 0 Å². The van der Waals surface area contributed by atoms with Crippen molar-refractivity contribution in [1.29, 1.82) is 0 Å². The van der Waals surface area contributed by atoms with Gasteiger partial charge in [-0.05, 0) is 41.8 Å². The molecule has 0 fully saturated rings. The second kappa shape index (κ2) is 5.99. The van der Waals surface area contributed by atoms with Gasteiger partial charge in [0.1, 0.15) is 0 Å². The minimum absolute atomic E-state index is 0.135. The Hall–Kier alpha value is -1.04. The molecule has 3 nitrogen and oxygen atoms in total. The first-order chi connectivity index (χ1) is 10.0. The van der Waals surface area contributed by atoms with Crippen LogP contribution in [0.15, 0.2) is 45.7 Å². The number of benzene rings is 2. The number of fused-ring (bicyclic) bond motifs is 1. The van der Waals surface area contributed by atoms with E-state index in [0.717, 1.165) is 32.5 Å². The Labute approximate surface area is 143 Å². The molecule has 0 aliphatic heterocycles. The molecule has 21 heavy (non-hydrogen) atoms. The van der Waals surface area contributed by atoms with Gasteiger partial charge in [0.15, 0.2) is 0 Å². The van der Waals surface area contributed by atoms with Crippen LogP contribution in [0.4, 0.5) is 0 Å². The zero-order chi connectivity index (χ0) is 15.0. The van der Waals surface area contributed by atoms with E-state index in [2.05, 4.69) is 41.8 Å². The quantitative estimate of drug-likeness (QED) is 0.568. The number of halogens is 3. The average molecular weight is 431 g/mol. The molecule has 0 bridgehead atoms. The highest BCUT2D eigenvalue weighted by atomic mass is 79.9. The van der Waals surface area contributed by atoms with E-state index in [9.17, 15) is 4.79 Å². The third kappa shape index (κ3) is 3.25. The predicted octanol–water partition coefficient (Wildman–Crippen LogP) is 4.95. The molecule has 0 saturated carbocycles. The SMILES string of the molecule is O=c1[nH]c2cc(Br)c(C(Br)Cc3ccc(Cl)cc3)cc2[nH]1. The van der Waals surface area contributed by atoms with Crippen LogP contribution >= 0.6 is 43.5 Å². The molecule has 0 aliphatic carbocycles. The van der Waals surface area contributed by atoms with Crippen molar-refractivity contribution >= 4 is 54.5 Å². The van der Waals surface area contributed by atoms with Gasteiger partial charge in [-0.1, -0.05) is 55.6 Å². The lowest BCUT2D eigenvalue weighted by Crippen LogP contribution is -1.99. The molecule has 6 heteroatoms. The van der Waals surface area contributed by atoms with Crippen molar-refractivity contribution in [3.8, 4) is 0 Å². The number of aromatic nitrogens is 2. The highest BCUT2D eigenvalue weighted by molar-refractivity contribution is 9.11. The van der Waals surface area contributed by atoms with Crippen molar-refractivity contribution in [3.05, 3.63) is 67.5 Å². The molecular formula is C15H11Br2ClN2O. The maximum Gasteiger partial charge on any atom is 0.323 e. The summed E-state index contributed by atoms with van der Waals surface area (Å²) >= 11 is 13.2. The molecule has 0 saturated heterocycles. The summed E-state index contributed by atoms with van der Waals surface area (Å²) in [5.41, 5.74) is 3.68. The van der Waals surface area contributed by atoms with E-state index >= 15 is 0 Å². The van der Waals surface area contributed by atoms with Crippen LogP contribution in [0.1, 0.15) is 16.0 Å². The van der Waals surface area contributed by atoms with E-state index < -0.39 is 0 Å². The third-order valence-corrected chi connectivity index (χ3v) is 5.05. The van der Waals surface area contributed by atoms with Crippen LogP contribution in [0.3, 0.4) is 0 Å². The fraction of sp³-hybridized carbons (Fsp3) is 0.133. The molecule has 2 aromatic carbocycles. The Morgan fingerprint density at radius 2 is 1.71 bits per heavy atom. The normalized spacial score (nSPS) is 12.7. The fourth-order valence-corrected chi connectivity index (χ4v) is 4.06. The Balaban J connectivity index is 1.93. The first-order valence-corrected chi connectivity index (χ1v) is 8.41. The maximum absolute atomic E-state index is 11.4. The zero-order valence-corrected chi connectivity index (χ0v) is 14.7. The highest BCUT2D eigenvalue weighted by Crippen LogP contribution is 2.34. The van der Waals surface area contributed by atoms with Crippen molar-refractivity contribution in [1.82, 2.24) is 9.97 Å². The summed E-state index contributed by atoms with van der Waals surface area (Å²) in [4.78, 5) is 17.0. The van der Waals surface area contributed by atoms with Crippen molar-refractivity contribution in [3.63, 3.8) is 0 Å². The molecule has 0 radical (unpaired) electrons. The summed E-state index contributed by atoms with van der Waals surface area (Å²) in [5.74, 6) is 0. The van der Waals surface area contributed by atoms with E-state index in [4.69, 9.17) is 11.6 Å². The number of imidazole rings is 1. The zero-order valence-electron chi connectivity index (χ0n) is 10.8. The fourth-order valence-electron chi connectivity index (χ4n) is 2.25. The average Bonchev–Trinajstić information content (AvgIpc) is 2.79. The van der Waals surface area contributed by atoms with Crippen LogP contribution in [0.25, 0.3) is 11.0 Å². The molecule has 1 atom stereocenters. The number of H-pyrrole nitrogens is 2. The summed E-state index contributed by atoms with van der Waals surface area (Å²) in [6.45, 7) is 0. The molecule has 3 aromatic rings. The number of alkyl halides is 1. The number of hydrogen-bond acceptors (Lipinski definition) is 1. The van der Waals surface area contributed by atoms with Gasteiger partial charge in [0.2, 0.25) is 0 Å². The van der Waals surface area contributed by atoms with Gasteiger partial charge in [0.25, 0.3) is 0 Å². The van der Waals surface area contributed by atoms with Gasteiger partial charge in [-0.2, -0.15) is 0 Å². The monoisotopic (exact) mass is 428 g/mol. The first kappa shape index (κ1) is 14.9. The second-order valence-electron chi connectivity index (χ2n) is 4.80. The number of rotatable bonds is 3. The largest absolute Gasteiger partial charge is 0.323 e. The highest BCUT2D eigenvalue weighted by Gasteiger charge is 2.14.